The Labute approximate surface area is 94.0 Å². The number of nitrogens with zero attached hydrogens (tertiary/aromatic N) is 1. The summed E-state index contributed by atoms with van der Waals surface area (Å²) < 4.78 is 5.56. The van der Waals surface area contributed by atoms with Crippen molar-refractivity contribution in [2.45, 2.75) is 19.4 Å². The average molecular weight is 213 g/mol. The van der Waals surface area contributed by atoms with Crippen LogP contribution >= 0.6 is 0 Å². The van der Waals surface area contributed by atoms with Crippen molar-refractivity contribution in [3.63, 3.8) is 0 Å². The van der Waals surface area contributed by atoms with Gasteiger partial charge in [-0.25, -0.2) is 0 Å². The van der Waals surface area contributed by atoms with E-state index < -0.39 is 5.60 Å². The van der Waals surface area contributed by atoms with Gasteiger partial charge < -0.3 is 4.74 Å². The van der Waals surface area contributed by atoms with Crippen molar-refractivity contribution in [3.8, 4) is 6.07 Å². The number of carbonyl (C=O) groups excluding carboxylic acids is 1. The molecule has 0 bridgehead atoms. The molecule has 0 atom stereocenters. The van der Waals surface area contributed by atoms with Crippen LogP contribution in [0, 0.1) is 11.3 Å². The fraction of sp³-hybridized carbons (Fsp3) is 0.231. The minimum absolute atomic E-state index is 0.108. The summed E-state index contributed by atoms with van der Waals surface area (Å²) in [4.78, 5) is 11.8. The third kappa shape index (κ3) is 1.49. The molecule has 0 saturated heterocycles. The summed E-state index contributed by atoms with van der Waals surface area (Å²) in [5.74, 6) is 0.131. The maximum atomic E-state index is 11.8. The minimum atomic E-state index is -0.934. The van der Waals surface area contributed by atoms with Gasteiger partial charge in [-0.3, -0.25) is 4.79 Å². The zero-order chi connectivity index (χ0) is 11.8. The highest BCUT2D eigenvalue weighted by molar-refractivity contribution is 6.12. The number of rotatable bonds is 1. The number of hydrogen-bond acceptors (Lipinski definition) is 3. The summed E-state index contributed by atoms with van der Waals surface area (Å²) in [6.45, 7) is 3.34. The van der Waals surface area contributed by atoms with Gasteiger partial charge >= 0.3 is 0 Å². The highest BCUT2D eigenvalue weighted by atomic mass is 16.5. The van der Waals surface area contributed by atoms with Gasteiger partial charge in [0.2, 0.25) is 5.78 Å². The normalized spacial score (nSPS) is 18.2. The molecule has 1 aromatic carbocycles. The van der Waals surface area contributed by atoms with Crippen LogP contribution in [0.2, 0.25) is 0 Å². The van der Waals surface area contributed by atoms with E-state index in [4.69, 9.17) is 10.00 Å². The van der Waals surface area contributed by atoms with Gasteiger partial charge in [0, 0.05) is 5.56 Å². The molecule has 0 fully saturated rings. The van der Waals surface area contributed by atoms with E-state index in [9.17, 15) is 4.79 Å². The summed E-state index contributed by atoms with van der Waals surface area (Å²) in [7, 11) is 0. The quantitative estimate of drug-likeness (QED) is 0.719. The van der Waals surface area contributed by atoms with Crippen LogP contribution in [0.25, 0.3) is 5.76 Å². The van der Waals surface area contributed by atoms with Gasteiger partial charge in [0.15, 0.2) is 5.60 Å². The Bertz CT molecular complexity index is 506. The third-order valence-corrected chi connectivity index (χ3v) is 2.51. The molecular weight excluding hydrogens is 202 g/mol. The van der Waals surface area contributed by atoms with E-state index in [1.807, 2.05) is 36.4 Å². The number of ether oxygens (including phenoxy) is 1. The maximum absolute atomic E-state index is 11.8. The largest absolute Gasteiger partial charge is 0.478 e. The Morgan fingerprint density at radius 2 is 1.88 bits per heavy atom. The first-order valence-corrected chi connectivity index (χ1v) is 5.00. The first-order valence-electron chi connectivity index (χ1n) is 5.00. The lowest BCUT2D eigenvalue weighted by Crippen LogP contribution is -2.29. The Hall–Kier alpha value is -2.08. The smallest absolute Gasteiger partial charge is 0.220 e. The van der Waals surface area contributed by atoms with Crippen molar-refractivity contribution in [3.05, 3.63) is 41.5 Å². The fourth-order valence-electron chi connectivity index (χ4n) is 1.65. The molecule has 1 aliphatic heterocycles. The molecule has 0 spiro atoms. The van der Waals surface area contributed by atoms with E-state index in [-0.39, 0.29) is 11.4 Å². The molecule has 3 nitrogen and oxygen atoms in total. The molecule has 0 saturated carbocycles. The number of Topliss-reactive ketones (excluding diaryl/α,β-unsaturated/α-hetero) is 1. The molecule has 1 aromatic rings. The Morgan fingerprint density at radius 1 is 1.25 bits per heavy atom. The van der Waals surface area contributed by atoms with Crippen LogP contribution in [-0.4, -0.2) is 11.4 Å². The predicted molar refractivity (Wildman–Crippen MR) is 59.1 cm³/mol. The van der Waals surface area contributed by atoms with E-state index in [0.717, 1.165) is 5.56 Å². The van der Waals surface area contributed by atoms with Crippen LogP contribution in [0.4, 0.5) is 0 Å². The van der Waals surface area contributed by atoms with E-state index in [1.165, 1.54) is 0 Å². The SMILES string of the molecule is CC1(C)OC(c2ccccc2)=C(C#N)C1=O. The predicted octanol–water partition coefficient (Wildman–Crippen LogP) is 2.30. The van der Waals surface area contributed by atoms with Crippen LogP contribution in [0.15, 0.2) is 35.9 Å². The Balaban J connectivity index is 2.54. The van der Waals surface area contributed by atoms with Gasteiger partial charge in [0.1, 0.15) is 17.4 Å². The first kappa shape index (κ1) is 10.4. The summed E-state index contributed by atoms with van der Waals surface area (Å²) in [6.07, 6.45) is 0. The van der Waals surface area contributed by atoms with Crippen LogP contribution < -0.4 is 0 Å². The van der Waals surface area contributed by atoms with E-state index >= 15 is 0 Å². The lowest BCUT2D eigenvalue weighted by molar-refractivity contribution is -0.126. The highest BCUT2D eigenvalue weighted by Crippen LogP contribution is 2.35. The summed E-state index contributed by atoms with van der Waals surface area (Å²) in [5.41, 5.74) is -0.0647. The molecule has 3 heteroatoms. The van der Waals surface area contributed by atoms with Crippen molar-refractivity contribution in [1.29, 1.82) is 5.26 Å². The second kappa shape index (κ2) is 3.49. The van der Waals surface area contributed by atoms with E-state index in [0.29, 0.717) is 5.76 Å². The van der Waals surface area contributed by atoms with Crippen molar-refractivity contribution in [2.75, 3.05) is 0 Å². The van der Waals surface area contributed by atoms with Crippen LogP contribution in [0.3, 0.4) is 0 Å². The van der Waals surface area contributed by atoms with Crippen LogP contribution in [-0.2, 0) is 9.53 Å². The van der Waals surface area contributed by atoms with Crippen LogP contribution in [0.5, 0.6) is 0 Å². The summed E-state index contributed by atoms with van der Waals surface area (Å²) >= 11 is 0. The van der Waals surface area contributed by atoms with Gasteiger partial charge in [-0.2, -0.15) is 5.26 Å². The lowest BCUT2D eigenvalue weighted by atomic mass is 9.99. The molecule has 1 aliphatic rings. The van der Waals surface area contributed by atoms with Gasteiger partial charge in [-0.15, -0.1) is 0 Å². The summed E-state index contributed by atoms with van der Waals surface area (Å²) in [6, 6.07) is 11.1. The lowest BCUT2D eigenvalue weighted by Gasteiger charge is -2.17. The molecule has 0 radical (unpaired) electrons. The fourth-order valence-corrected chi connectivity index (χ4v) is 1.65. The van der Waals surface area contributed by atoms with Crippen LogP contribution in [0.1, 0.15) is 19.4 Å². The molecule has 0 aliphatic carbocycles. The zero-order valence-electron chi connectivity index (χ0n) is 9.15. The van der Waals surface area contributed by atoms with Gasteiger partial charge in [0.05, 0.1) is 0 Å². The van der Waals surface area contributed by atoms with Crippen molar-refractivity contribution in [2.24, 2.45) is 0 Å². The molecule has 0 N–H and O–H groups in total. The number of carbonyl (C=O) groups is 1. The highest BCUT2D eigenvalue weighted by Gasteiger charge is 2.42. The molecule has 1 heterocycles. The summed E-state index contributed by atoms with van der Waals surface area (Å²) in [5, 5.41) is 8.99. The van der Waals surface area contributed by atoms with E-state index in [2.05, 4.69) is 0 Å². The van der Waals surface area contributed by atoms with Crippen molar-refractivity contribution < 1.29 is 9.53 Å². The zero-order valence-corrected chi connectivity index (χ0v) is 9.15. The molecular formula is C13H11NO2. The number of ketones is 1. The van der Waals surface area contributed by atoms with Gasteiger partial charge in [0.25, 0.3) is 0 Å². The Kier molecular flexibility index (Phi) is 2.28. The Morgan fingerprint density at radius 3 is 2.44 bits per heavy atom. The molecule has 0 aromatic heterocycles. The number of benzene rings is 1. The molecule has 16 heavy (non-hydrogen) atoms. The van der Waals surface area contributed by atoms with E-state index in [1.54, 1.807) is 13.8 Å². The molecule has 0 unspecified atom stereocenters. The standard InChI is InChI=1S/C13H11NO2/c1-13(2)12(15)10(8-14)11(16-13)9-6-4-3-5-7-9/h3-7H,1-2H3. The minimum Gasteiger partial charge on any atom is -0.478 e. The van der Waals surface area contributed by atoms with Gasteiger partial charge in [-0.05, 0) is 13.8 Å². The topological polar surface area (TPSA) is 50.1 Å². The monoisotopic (exact) mass is 213 g/mol. The number of nitriles is 1. The van der Waals surface area contributed by atoms with Gasteiger partial charge in [-0.1, -0.05) is 30.3 Å². The second-order valence-electron chi connectivity index (χ2n) is 4.12. The maximum Gasteiger partial charge on any atom is 0.220 e. The first-order chi connectivity index (χ1) is 7.56. The van der Waals surface area contributed by atoms with Crippen molar-refractivity contribution >= 4 is 11.5 Å². The molecule has 0 amide bonds. The average Bonchev–Trinajstić information content (AvgIpc) is 2.52. The second-order valence-corrected chi connectivity index (χ2v) is 4.12. The number of hydrogen-bond donors (Lipinski definition) is 0. The molecule has 2 rings (SSSR count). The molecule has 80 valence electrons. The van der Waals surface area contributed by atoms with Crippen molar-refractivity contribution in [1.82, 2.24) is 0 Å². The third-order valence-electron chi connectivity index (χ3n) is 2.51.